The molecule has 2 amide bonds. The van der Waals surface area contributed by atoms with Crippen molar-refractivity contribution in [3.63, 3.8) is 0 Å². The molecule has 4 aromatic rings. The molecule has 0 heterocycles. The summed E-state index contributed by atoms with van der Waals surface area (Å²) in [4.78, 5) is 29.9. The summed E-state index contributed by atoms with van der Waals surface area (Å²) in [6.45, 7) is 5.42. The molecule has 0 aromatic heterocycles. The van der Waals surface area contributed by atoms with Crippen LogP contribution in [0.2, 0.25) is 5.02 Å². The first-order chi connectivity index (χ1) is 21.1. The van der Waals surface area contributed by atoms with Gasteiger partial charge in [-0.3, -0.25) is 13.9 Å². The molecule has 0 aliphatic rings. The SMILES string of the molecule is CC[C@@H](C)NC(=O)[C@@H](Cc1ccccc1)N(Cc1ccccc1C)C(=O)CN(c1cccc(Cl)c1)S(=O)(=O)c1ccccc1. The molecule has 2 atom stereocenters. The molecule has 0 radical (unpaired) electrons. The van der Waals surface area contributed by atoms with E-state index < -0.39 is 28.5 Å². The summed E-state index contributed by atoms with van der Waals surface area (Å²) in [7, 11) is -4.18. The number of halogens is 1. The van der Waals surface area contributed by atoms with Gasteiger partial charge in [-0.15, -0.1) is 0 Å². The first-order valence-corrected chi connectivity index (χ1v) is 16.4. The Bertz CT molecular complexity index is 1670. The number of sulfonamides is 1. The predicted molar refractivity (Wildman–Crippen MR) is 176 cm³/mol. The van der Waals surface area contributed by atoms with E-state index in [1.165, 1.54) is 23.1 Å². The lowest BCUT2D eigenvalue weighted by Crippen LogP contribution is -2.54. The van der Waals surface area contributed by atoms with Crippen LogP contribution in [0.3, 0.4) is 0 Å². The highest BCUT2D eigenvalue weighted by Crippen LogP contribution is 2.27. The highest BCUT2D eigenvalue weighted by atomic mass is 35.5. The predicted octanol–water partition coefficient (Wildman–Crippen LogP) is 6.40. The number of nitrogens with zero attached hydrogens (tertiary/aromatic N) is 2. The number of carbonyl (C=O) groups is 2. The summed E-state index contributed by atoms with van der Waals surface area (Å²) in [5, 5.41) is 3.38. The summed E-state index contributed by atoms with van der Waals surface area (Å²) >= 11 is 6.28. The molecule has 0 saturated carbocycles. The minimum Gasteiger partial charge on any atom is -0.352 e. The molecule has 230 valence electrons. The van der Waals surface area contributed by atoms with Crippen LogP contribution in [0.5, 0.6) is 0 Å². The standard InChI is InChI=1S/C35H38ClN3O4S/c1-4-27(3)37-35(41)33(22-28-15-7-5-8-16-28)38(24-29-17-12-11-14-26(29)2)34(40)25-39(31-19-13-18-30(36)23-31)44(42,43)32-20-9-6-10-21-32/h5-21,23,27,33H,4,22,24-25H2,1-3H3,(H,37,41)/t27-,33-/m1/s1. The lowest BCUT2D eigenvalue weighted by Gasteiger charge is -2.34. The molecule has 0 spiro atoms. The van der Waals surface area contributed by atoms with E-state index in [0.717, 1.165) is 21.0 Å². The van der Waals surface area contributed by atoms with Crippen LogP contribution in [0.4, 0.5) is 5.69 Å². The molecular weight excluding hydrogens is 594 g/mol. The summed E-state index contributed by atoms with van der Waals surface area (Å²) in [5.74, 6) is -0.821. The van der Waals surface area contributed by atoms with Gasteiger partial charge >= 0.3 is 0 Å². The third-order valence-electron chi connectivity index (χ3n) is 7.58. The molecule has 0 saturated heterocycles. The van der Waals surface area contributed by atoms with Gasteiger partial charge in [0.25, 0.3) is 10.0 Å². The minimum atomic E-state index is -4.18. The molecule has 7 nitrogen and oxygen atoms in total. The lowest BCUT2D eigenvalue weighted by molar-refractivity contribution is -0.140. The van der Waals surface area contributed by atoms with Gasteiger partial charge in [-0.25, -0.2) is 8.42 Å². The molecule has 4 rings (SSSR count). The molecule has 0 bridgehead atoms. The number of rotatable bonds is 13. The van der Waals surface area contributed by atoms with Gasteiger partial charge < -0.3 is 10.2 Å². The number of benzene rings is 4. The van der Waals surface area contributed by atoms with E-state index in [2.05, 4.69) is 5.32 Å². The Labute approximate surface area is 265 Å². The van der Waals surface area contributed by atoms with Gasteiger partial charge in [-0.1, -0.05) is 97.4 Å². The van der Waals surface area contributed by atoms with Gasteiger partial charge in [-0.2, -0.15) is 0 Å². The fraction of sp³-hybridized carbons (Fsp3) is 0.257. The Morgan fingerprint density at radius 1 is 0.864 bits per heavy atom. The average Bonchev–Trinajstić information content (AvgIpc) is 3.03. The van der Waals surface area contributed by atoms with E-state index in [-0.39, 0.29) is 35.5 Å². The Morgan fingerprint density at radius 3 is 2.14 bits per heavy atom. The number of hydrogen-bond acceptors (Lipinski definition) is 4. The number of amides is 2. The van der Waals surface area contributed by atoms with Crippen LogP contribution in [0.1, 0.15) is 37.0 Å². The van der Waals surface area contributed by atoms with Crippen LogP contribution in [0.25, 0.3) is 0 Å². The van der Waals surface area contributed by atoms with Gasteiger partial charge in [0.05, 0.1) is 10.6 Å². The largest absolute Gasteiger partial charge is 0.352 e. The van der Waals surface area contributed by atoms with Crippen molar-refractivity contribution in [1.82, 2.24) is 10.2 Å². The molecule has 0 unspecified atom stereocenters. The normalized spacial score (nSPS) is 12.6. The van der Waals surface area contributed by atoms with Crippen LogP contribution in [0, 0.1) is 6.92 Å². The zero-order valence-electron chi connectivity index (χ0n) is 25.2. The second kappa shape index (κ2) is 15.0. The zero-order chi connectivity index (χ0) is 31.7. The van der Waals surface area contributed by atoms with Crippen molar-refractivity contribution in [2.45, 2.75) is 57.1 Å². The van der Waals surface area contributed by atoms with Crippen LogP contribution in [-0.4, -0.2) is 43.8 Å². The lowest BCUT2D eigenvalue weighted by atomic mass is 10.0. The third kappa shape index (κ3) is 8.27. The third-order valence-corrected chi connectivity index (χ3v) is 9.60. The van der Waals surface area contributed by atoms with Crippen molar-refractivity contribution in [3.05, 3.63) is 131 Å². The topological polar surface area (TPSA) is 86.8 Å². The van der Waals surface area contributed by atoms with E-state index in [9.17, 15) is 18.0 Å². The Morgan fingerprint density at radius 2 is 1.50 bits per heavy atom. The number of aryl methyl sites for hydroxylation is 1. The quantitative estimate of drug-likeness (QED) is 0.185. The van der Waals surface area contributed by atoms with Crippen LogP contribution < -0.4 is 9.62 Å². The van der Waals surface area contributed by atoms with E-state index >= 15 is 0 Å². The maximum absolute atomic E-state index is 14.5. The molecule has 0 aliphatic carbocycles. The maximum Gasteiger partial charge on any atom is 0.264 e. The van der Waals surface area contributed by atoms with Crippen molar-refractivity contribution in [2.75, 3.05) is 10.8 Å². The molecular formula is C35H38ClN3O4S. The molecule has 9 heteroatoms. The van der Waals surface area contributed by atoms with Crippen molar-refractivity contribution in [3.8, 4) is 0 Å². The highest BCUT2D eigenvalue weighted by Gasteiger charge is 2.35. The summed E-state index contributed by atoms with van der Waals surface area (Å²) in [6.07, 6.45) is 0.969. The minimum absolute atomic E-state index is 0.0357. The Kier molecular flexibility index (Phi) is 11.2. The molecule has 0 aliphatic heterocycles. The fourth-order valence-electron chi connectivity index (χ4n) is 4.85. The van der Waals surface area contributed by atoms with Crippen molar-refractivity contribution in [2.24, 2.45) is 0 Å². The van der Waals surface area contributed by atoms with Crippen molar-refractivity contribution in [1.29, 1.82) is 0 Å². The monoisotopic (exact) mass is 631 g/mol. The molecule has 0 fully saturated rings. The molecule has 1 N–H and O–H groups in total. The summed E-state index contributed by atoms with van der Waals surface area (Å²) < 4.78 is 29.1. The van der Waals surface area contributed by atoms with Crippen LogP contribution in [-0.2, 0) is 32.6 Å². The van der Waals surface area contributed by atoms with Crippen molar-refractivity contribution >= 4 is 39.1 Å². The number of hydrogen-bond donors (Lipinski definition) is 1. The Balaban J connectivity index is 1.81. The van der Waals surface area contributed by atoms with Crippen LogP contribution >= 0.6 is 11.6 Å². The van der Waals surface area contributed by atoms with Crippen molar-refractivity contribution < 1.29 is 18.0 Å². The maximum atomic E-state index is 14.5. The Hall–Kier alpha value is -4.14. The fourth-order valence-corrected chi connectivity index (χ4v) is 6.46. The highest BCUT2D eigenvalue weighted by molar-refractivity contribution is 7.92. The van der Waals surface area contributed by atoms with Gasteiger partial charge in [0.1, 0.15) is 12.6 Å². The molecule has 44 heavy (non-hydrogen) atoms. The average molecular weight is 632 g/mol. The van der Waals surface area contributed by atoms with Gasteiger partial charge in [-0.05, 0) is 67.3 Å². The zero-order valence-corrected chi connectivity index (χ0v) is 26.8. The second-order valence-corrected chi connectivity index (χ2v) is 13.1. The van der Waals surface area contributed by atoms with Gasteiger partial charge in [0, 0.05) is 24.0 Å². The van der Waals surface area contributed by atoms with E-state index in [1.54, 1.807) is 36.4 Å². The van der Waals surface area contributed by atoms with E-state index in [4.69, 9.17) is 11.6 Å². The van der Waals surface area contributed by atoms with Gasteiger partial charge in [0.2, 0.25) is 11.8 Å². The van der Waals surface area contributed by atoms with Gasteiger partial charge in [0.15, 0.2) is 0 Å². The summed E-state index contributed by atoms with van der Waals surface area (Å²) in [6, 6.07) is 30.5. The molecule has 4 aromatic carbocycles. The number of carbonyl (C=O) groups excluding carboxylic acids is 2. The first-order valence-electron chi connectivity index (χ1n) is 14.6. The summed E-state index contributed by atoms with van der Waals surface area (Å²) in [5.41, 5.74) is 2.93. The first kappa shape index (κ1) is 32.8. The van der Waals surface area contributed by atoms with E-state index in [1.807, 2.05) is 75.4 Å². The second-order valence-electron chi connectivity index (χ2n) is 10.8. The van der Waals surface area contributed by atoms with E-state index in [0.29, 0.717) is 11.4 Å². The van der Waals surface area contributed by atoms with Crippen LogP contribution in [0.15, 0.2) is 114 Å². The number of nitrogens with one attached hydrogen (secondary N) is 1. The smallest absolute Gasteiger partial charge is 0.264 e. The number of anilines is 1.